The van der Waals surface area contributed by atoms with E-state index in [4.69, 9.17) is 0 Å². The largest absolute Gasteiger partial charge is 0.322 e. The molecule has 1 fully saturated rings. The molecule has 2 rings (SSSR count). The SMILES string of the molecule is O=C(Nc1ccc([N+](=O)[O-])cc1F)[C@@H]1CCCCN1. The van der Waals surface area contributed by atoms with Crippen LogP contribution in [0.15, 0.2) is 18.2 Å². The normalized spacial score (nSPS) is 18.9. The van der Waals surface area contributed by atoms with E-state index >= 15 is 0 Å². The van der Waals surface area contributed by atoms with Gasteiger partial charge < -0.3 is 10.6 Å². The number of benzene rings is 1. The van der Waals surface area contributed by atoms with Gasteiger partial charge in [0, 0.05) is 6.07 Å². The Balaban J connectivity index is 2.06. The molecule has 0 unspecified atom stereocenters. The van der Waals surface area contributed by atoms with E-state index in [-0.39, 0.29) is 23.3 Å². The quantitative estimate of drug-likeness (QED) is 0.646. The number of carbonyl (C=O) groups is 1. The summed E-state index contributed by atoms with van der Waals surface area (Å²) in [5.41, 5.74) is -0.380. The van der Waals surface area contributed by atoms with Gasteiger partial charge in [-0.1, -0.05) is 6.42 Å². The third-order valence-electron chi connectivity index (χ3n) is 3.05. The van der Waals surface area contributed by atoms with E-state index in [0.717, 1.165) is 31.5 Å². The number of piperidine rings is 1. The molecule has 7 heteroatoms. The topological polar surface area (TPSA) is 84.3 Å². The zero-order valence-corrected chi connectivity index (χ0v) is 10.2. The molecule has 2 N–H and O–H groups in total. The molecule has 1 heterocycles. The maximum Gasteiger partial charge on any atom is 0.272 e. The lowest BCUT2D eigenvalue weighted by molar-refractivity contribution is -0.385. The van der Waals surface area contributed by atoms with Gasteiger partial charge in [0.1, 0.15) is 0 Å². The maximum absolute atomic E-state index is 13.6. The fraction of sp³-hybridized carbons (Fsp3) is 0.417. The highest BCUT2D eigenvalue weighted by molar-refractivity contribution is 5.95. The first-order chi connectivity index (χ1) is 9.08. The van der Waals surface area contributed by atoms with E-state index in [2.05, 4.69) is 10.6 Å². The van der Waals surface area contributed by atoms with Gasteiger partial charge in [-0.25, -0.2) is 4.39 Å². The van der Waals surface area contributed by atoms with E-state index < -0.39 is 10.7 Å². The lowest BCUT2D eigenvalue weighted by atomic mass is 10.0. The number of nitro groups is 1. The second-order valence-corrected chi connectivity index (χ2v) is 4.41. The van der Waals surface area contributed by atoms with Gasteiger partial charge in [0.2, 0.25) is 5.91 Å². The van der Waals surface area contributed by atoms with Gasteiger partial charge in [-0.05, 0) is 25.5 Å². The van der Waals surface area contributed by atoms with Crippen molar-refractivity contribution in [2.45, 2.75) is 25.3 Å². The first-order valence-corrected chi connectivity index (χ1v) is 6.06. The predicted molar refractivity (Wildman–Crippen MR) is 67.3 cm³/mol. The lowest BCUT2D eigenvalue weighted by Gasteiger charge is -2.22. The summed E-state index contributed by atoms with van der Waals surface area (Å²) in [5.74, 6) is -1.12. The summed E-state index contributed by atoms with van der Waals surface area (Å²) < 4.78 is 13.6. The standard InChI is InChI=1S/C12H14FN3O3/c13-9-7-8(16(18)19)4-5-10(9)15-12(17)11-3-1-2-6-14-11/h4-5,7,11,14H,1-3,6H2,(H,15,17)/t11-/m0/s1. The van der Waals surface area contributed by atoms with Gasteiger partial charge in [0.15, 0.2) is 5.82 Å². The van der Waals surface area contributed by atoms with Gasteiger partial charge in [-0.3, -0.25) is 14.9 Å². The van der Waals surface area contributed by atoms with E-state index in [0.29, 0.717) is 6.42 Å². The summed E-state index contributed by atoms with van der Waals surface area (Å²) in [6.07, 6.45) is 2.68. The number of hydrogen-bond acceptors (Lipinski definition) is 4. The van der Waals surface area contributed by atoms with Crippen molar-refractivity contribution < 1.29 is 14.1 Å². The first kappa shape index (κ1) is 13.4. The zero-order valence-electron chi connectivity index (χ0n) is 10.2. The molecule has 0 aromatic heterocycles. The molecule has 0 radical (unpaired) electrons. The van der Waals surface area contributed by atoms with Crippen molar-refractivity contribution in [1.29, 1.82) is 0 Å². The smallest absolute Gasteiger partial charge is 0.272 e. The average Bonchev–Trinajstić information content (AvgIpc) is 2.41. The number of anilines is 1. The summed E-state index contributed by atoms with van der Waals surface area (Å²) in [4.78, 5) is 21.7. The van der Waals surface area contributed by atoms with Crippen molar-refractivity contribution in [3.8, 4) is 0 Å². The lowest BCUT2D eigenvalue weighted by Crippen LogP contribution is -2.43. The van der Waals surface area contributed by atoms with Crippen LogP contribution in [0.25, 0.3) is 0 Å². The van der Waals surface area contributed by atoms with E-state index in [1.165, 1.54) is 6.07 Å². The van der Waals surface area contributed by atoms with Gasteiger partial charge in [0.25, 0.3) is 5.69 Å². The third kappa shape index (κ3) is 3.25. The average molecular weight is 267 g/mol. The van der Waals surface area contributed by atoms with Crippen LogP contribution in [0, 0.1) is 15.9 Å². The summed E-state index contributed by atoms with van der Waals surface area (Å²) >= 11 is 0. The number of non-ortho nitro benzene ring substituents is 1. The first-order valence-electron chi connectivity index (χ1n) is 6.06. The molecule has 1 aliphatic heterocycles. The Hall–Kier alpha value is -2.02. The minimum Gasteiger partial charge on any atom is -0.322 e. The van der Waals surface area contributed by atoms with Crippen LogP contribution in [-0.2, 0) is 4.79 Å². The Morgan fingerprint density at radius 2 is 2.26 bits per heavy atom. The molecular formula is C12H14FN3O3. The van der Waals surface area contributed by atoms with Crippen LogP contribution in [0.2, 0.25) is 0 Å². The number of nitrogens with one attached hydrogen (secondary N) is 2. The summed E-state index contributed by atoms with van der Waals surface area (Å²) in [5, 5.41) is 16.0. The number of hydrogen-bond donors (Lipinski definition) is 2. The zero-order chi connectivity index (χ0) is 13.8. The molecule has 1 amide bonds. The molecule has 1 aromatic rings. The van der Waals surface area contributed by atoms with Crippen molar-refractivity contribution in [2.24, 2.45) is 0 Å². The highest BCUT2D eigenvalue weighted by atomic mass is 19.1. The van der Waals surface area contributed by atoms with E-state index in [9.17, 15) is 19.3 Å². The van der Waals surface area contributed by atoms with Crippen LogP contribution in [-0.4, -0.2) is 23.4 Å². The Kier molecular flexibility index (Phi) is 4.06. The molecule has 0 bridgehead atoms. The second kappa shape index (κ2) is 5.75. The fourth-order valence-electron chi connectivity index (χ4n) is 2.01. The van der Waals surface area contributed by atoms with Crippen molar-refractivity contribution in [2.75, 3.05) is 11.9 Å². The molecule has 0 aliphatic carbocycles. The third-order valence-corrected chi connectivity index (χ3v) is 3.05. The Bertz CT molecular complexity index is 501. The number of halogens is 1. The monoisotopic (exact) mass is 267 g/mol. The number of carbonyl (C=O) groups excluding carboxylic acids is 1. The van der Waals surface area contributed by atoms with Crippen LogP contribution < -0.4 is 10.6 Å². The molecule has 1 aliphatic rings. The molecule has 1 atom stereocenters. The molecule has 1 aromatic carbocycles. The van der Waals surface area contributed by atoms with Crippen LogP contribution >= 0.6 is 0 Å². The van der Waals surface area contributed by atoms with Gasteiger partial charge in [-0.15, -0.1) is 0 Å². The highest BCUT2D eigenvalue weighted by Crippen LogP contribution is 2.21. The number of nitrogens with zero attached hydrogens (tertiary/aromatic N) is 1. The fourth-order valence-corrected chi connectivity index (χ4v) is 2.01. The number of rotatable bonds is 3. The van der Waals surface area contributed by atoms with Crippen molar-refractivity contribution >= 4 is 17.3 Å². The van der Waals surface area contributed by atoms with Gasteiger partial charge in [-0.2, -0.15) is 0 Å². The van der Waals surface area contributed by atoms with E-state index in [1.54, 1.807) is 0 Å². The number of nitro benzene ring substituents is 1. The Labute approximate surface area is 109 Å². The van der Waals surface area contributed by atoms with Crippen LogP contribution in [0.4, 0.5) is 15.8 Å². The van der Waals surface area contributed by atoms with Crippen LogP contribution in [0.1, 0.15) is 19.3 Å². The molecule has 0 spiro atoms. The maximum atomic E-state index is 13.6. The van der Waals surface area contributed by atoms with Gasteiger partial charge in [0.05, 0.1) is 22.7 Å². The molecular weight excluding hydrogens is 253 g/mol. The minimum absolute atomic E-state index is 0.0389. The molecule has 102 valence electrons. The molecule has 19 heavy (non-hydrogen) atoms. The Morgan fingerprint density at radius 1 is 1.47 bits per heavy atom. The predicted octanol–water partition coefficient (Wildman–Crippen LogP) is 1.81. The molecule has 6 nitrogen and oxygen atoms in total. The summed E-state index contributed by atoms with van der Waals surface area (Å²) in [7, 11) is 0. The van der Waals surface area contributed by atoms with Crippen molar-refractivity contribution in [3.63, 3.8) is 0 Å². The van der Waals surface area contributed by atoms with Gasteiger partial charge >= 0.3 is 0 Å². The molecule has 1 saturated heterocycles. The summed E-state index contributed by atoms with van der Waals surface area (Å²) in [6, 6.07) is 2.83. The van der Waals surface area contributed by atoms with Crippen LogP contribution in [0.3, 0.4) is 0 Å². The minimum atomic E-state index is -0.807. The van der Waals surface area contributed by atoms with E-state index in [1.807, 2.05) is 0 Å². The Morgan fingerprint density at radius 3 is 2.84 bits per heavy atom. The highest BCUT2D eigenvalue weighted by Gasteiger charge is 2.21. The second-order valence-electron chi connectivity index (χ2n) is 4.41. The summed E-state index contributed by atoms with van der Waals surface area (Å²) in [6.45, 7) is 0.765. The number of amides is 1. The van der Waals surface area contributed by atoms with Crippen LogP contribution in [0.5, 0.6) is 0 Å². The molecule has 0 saturated carbocycles. The van der Waals surface area contributed by atoms with Crippen molar-refractivity contribution in [1.82, 2.24) is 5.32 Å². The van der Waals surface area contributed by atoms with Crippen molar-refractivity contribution in [3.05, 3.63) is 34.1 Å².